The molecule has 2 aliphatic rings. The van der Waals surface area contributed by atoms with Crippen molar-refractivity contribution in [2.45, 2.75) is 43.6 Å². The minimum absolute atomic E-state index is 0.0243. The Labute approximate surface area is 249 Å². The lowest BCUT2D eigenvalue weighted by Crippen LogP contribution is -2.50. The van der Waals surface area contributed by atoms with Gasteiger partial charge in [0.15, 0.2) is 0 Å². The highest BCUT2D eigenvalue weighted by molar-refractivity contribution is 5.87. The minimum atomic E-state index is -0.499. The van der Waals surface area contributed by atoms with Crippen LogP contribution in [0.2, 0.25) is 0 Å². The number of ether oxygens (including phenoxy) is 3. The van der Waals surface area contributed by atoms with Gasteiger partial charge in [0.1, 0.15) is 0 Å². The molecule has 0 fully saturated rings. The number of rotatable bonds is 11. The van der Waals surface area contributed by atoms with Gasteiger partial charge in [0.05, 0.1) is 44.0 Å². The third-order valence-electron chi connectivity index (χ3n) is 9.06. The van der Waals surface area contributed by atoms with Crippen LogP contribution in [0.15, 0.2) is 97.6 Å². The molecule has 5 heteroatoms. The Bertz CT molecular complexity index is 1520. The standard InChI is InChI=1S/C37H40N2O3/c1-4-21-39-22-13-19-31-34(40-3)23-33(39)35-30-18-11-12-20-32(30)38(2)36(35)37(31,26-41-24-28-14-7-5-8-15-28)27-42-25-29-16-9-6-10-17-29/h4-12,14-18,20,31,33-34H,1,19,21,23-27H2,2-3H3. The summed E-state index contributed by atoms with van der Waals surface area (Å²) in [5, 5.41) is 1.25. The van der Waals surface area contributed by atoms with Crippen molar-refractivity contribution in [2.24, 2.45) is 13.0 Å². The number of methoxy groups -OCH3 is 1. The molecule has 0 saturated carbocycles. The van der Waals surface area contributed by atoms with Crippen molar-refractivity contribution in [2.75, 3.05) is 26.9 Å². The third-order valence-corrected chi connectivity index (χ3v) is 9.06. The minimum Gasteiger partial charge on any atom is -0.381 e. The van der Waals surface area contributed by atoms with E-state index in [9.17, 15) is 0 Å². The summed E-state index contributed by atoms with van der Waals surface area (Å²) in [5.74, 6) is 3.62. The molecule has 1 aromatic heterocycles. The number of benzene rings is 3. The number of aromatic nitrogens is 1. The normalized spacial score (nSPS) is 20.7. The molecule has 0 N–H and O–H groups in total. The summed E-state index contributed by atoms with van der Waals surface area (Å²) in [4.78, 5) is 2.26. The summed E-state index contributed by atoms with van der Waals surface area (Å²) in [6.45, 7) is 6.79. The Morgan fingerprint density at radius 2 is 1.52 bits per heavy atom. The first kappa shape index (κ1) is 28.3. The molecule has 0 amide bonds. The van der Waals surface area contributed by atoms with Crippen LogP contribution in [0.3, 0.4) is 0 Å². The van der Waals surface area contributed by atoms with Crippen LogP contribution in [0.4, 0.5) is 0 Å². The number of hydrogen-bond donors (Lipinski definition) is 0. The van der Waals surface area contributed by atoms with E-state index in [-0.39, 0.29) is 18.1 Å². The summed E-state index contributed by atoms with van der Waals surface area (Å²) in [7, 11) is 4.04. The fraction of sp³-hybridized carbons (Fsp3) is 0.351. The van der Waals surface area contributed by atoms with Crippen molar-refractivity contribution < 1.29 is 14.2 Å². The second-order valence-electron chi connectivity index (χ2n) is 11.5. The topological polar surface area (TPSA) is 35.9 Å². The predicted molar refractivity (Wildman–Crippen MR) is 168 cm³/mol. The van der Waals surface area contributed by atoms with Crippen LogP contribution in [0.5, 0.6) is 0 Å². The number of fused-ring (bicyclic) bond motifs is 7. The Morgan fingerprint density at radius 3 is 2.14 bits per heavy atom. The van der Waals surface area contributed by atoms with Gasteiger partial charge in [0, 0.05) is 61.2 Å². The number of nitrogens with zero attached hydrogens (tertiary/aromatic N) is 2. The Kier molecular flexibility index (Phi) is 8.48. The zero-order valence-electron chi connectivity index (χ0n) is 24.7. The van der Waals surface area contributed by atoms with E-state index in [1.165, 1.54) is 22.2 Å². The SMILES string of the molecule is C=CCN1C#CCC2C(OC)CC1c1c(n(C)c3ccccc13)C2(COCc1ccccc1)COCc1ccccc1. The van der Waals surface area contributed by atoms with Gasteiger partial charge in [-0.1, -0.05) is 90.9 Å². The van der Waals surface area contributed by atoms with E-state index < -0.39 is 5.41 Å². The van der Waals surface area contributed by atoms with Crippen molar-refractivity contribution in [3.8, 4) is 12.0 Å². The number of para-hydroxylation sites is 1. The van der Waals surface area contributed by atoms with Crippen molar-refractivity contribution in [3.05, 3.63) is 120 Å². The molecule has 0 radical (unpaired) electrons. The first-order valence-corrected chi connectivity index (χ1v) is 14.9. The highest BCUT2D eigenvalue weighted by atomic mass is 16.5. The largest absolute Gasteiger partial charge is 0.381 e. The Hall–Kier alpha value is -3.82. The predicted octanol–water partition coefficient (Wildman–Crippen LogP) is 6.78. The van der Waals surface area contributed by atoms with E-state index >= 15 is 0 Å². The van der Waals surface area contributed by atoms with Crippen molar-refractivity contribution in [3.63, 3.8) is 0 Å². The number of hydrogen-bond acceptors (Lipinski definition) is 4. The van der Waals surface area contributed by atoms with E-state index in [0.29, 0.717) is 39.4 Å². The van der Waals surface area contributed by atoms with Gasteiger partial charge in [-0.05, 0) is 23.6 Å². The fourth-order valence-corrected chi connectivity index (χ4v) is 7.16. The van der Waals surface area contributed by atoms with E-state index in [1.807, 2.05) is 25.3 Å². The quantitative estimate of drug-likeness (QED) is 0.150. The lowest BCUT2D eigenvalue weighted by Gasteiger charge is -2.42. The smallest absolute Gasteiger partial charge is 0.0717 e. The lowest BCUT2D eigenvalue weighted by molar-refractivity contribution is -0.0658. The highest BCUT2D eigenvalue weighted by Gasteiger charge is 2.53. The van der Waals surface area contributed by atoms with E-state index in [1.54, 1.807) is 0 Å². The van der Waals surface area contributed by atoms with Crippen LogP contribution in [0, 0.1) is 17.9 Å². The molecule has 216 valence electrons. The average Bonchev–Trinajstić information content (AvgIpc) is 3.27. The van der Waals surface area contributed by atoms with Gasteiger partial charge >= 0.3 is 0 Å². The molecule has 5 nitrogen and oxygen atoms in total. The number of aryl methyl sites for hydroxylation is 1. The first-order valence-electron chi connectivity index (χ1n) is 14.9. The molecule has 42 heavy (non-hydrogen) atoms. The Balaban J connectivity index is 1.52. The molecule has 3 unspecified atom stereocenters. The van der Waals surface area contributed by atoms with E-state index in [2.05, 4.69) is 108 Å². The van der Waals surface area contributed by atoms with Crippen molar-refractivity contribution in [1.29, 1.82) is 0 Å². The van der Waals surface area contributed by atoms with Gasteiger partial charge in [0.2, 0.25) is 0 Å². The summed E-state index contributed by atoms with van der Waals surface area (Å²) in [5.41, 5.74) is 5.59. The maximum atomic E-state index is 6.70. The third kappa shape index (κ3) is 5.27. The molecule has 2 bridgehead atoms. The van der Waals surface area contributed by atoms with Gasteiger partial charge in [-0.25, -0.2) is 0 Å². The Morgan fingerprint density at radius 1 is 0.905 bits per heavy atom. The second kappa shape index (κ2) is 12.6. The van der Waals surface area contributed by atoms with Gasteiger partial charge in [-0.15, -0.1) is 6.58 Å². The van der Waals surface area contributed by atoms with Crippen LogP contribution in [0.25, 0.3) is 10.9 Å². The van der Waals surface area contributed by atoms with Gasteiger partial charge < -0.3 is 23.7 Å². The van der Waals surface area contributed by atoms with Crippen LogP contribution >= 0.6 is 0 Å². The van der Waals surface area contributed by atoms with Crippen LogP contribution in [-0.2, 0) is 39.9 Å². The zero-order valence-corrected chi connectivity index (χ0v) is 24.7. The molecule has 4 aromatic rings. The first-order chi connectivity index (χ1) is 20.7. The molecule has 1 aliphatic carbocycles. The van der Waals surface area contributed by atoms with Crippen molar-refractivity contribution in [1.82, 2.24) is 9.47 Å². The van der Waals surface area contributed by atoms with E-state index in [0.717, 1.165) is 17.5 Å². The molecular weight excluding hydrogens is 520 g/mol. The summed E-state index contributed by atoms with van der Waals surface area (Å²) >= 11 is 0. The molecule has 1 aliphatic heterocycles. The zero-order chi connectivity index (χ0) is 28.9. The van der Waals surface area contributed by atoms with E-state index in [4.69, 9.17) is 14.2 Å². The van der Waals surface area contributed by atoms with Crippen LogP contribution in [-0.4, -0.2) is 42.4 Å². The molecular formula is C37H40N2O3. The second-order valence-corrected chi connectivity index (χ2v) is 11.5. The maximum Gasteiger partial charge on any atom is 0.0717 e. The molecule has 0 saturated heterocycles. The van der Waals surface area contributed by atoms with Crippen molar-refractivity contribution >= 4 is 10.9 Å². The highest BCUT2D eigenvalue weighted by Crippen LogP contribution is 2.52. The fourth-order valence-electron chi connectivity index (χ4n) is 7.16. The monoisotopic (exact) mass is 560 g/mol. The summed E-state index contributed by atoms with van der Waals surface area (Å²) in [6.07, 6.45) is 3.45. The van der Waals surface area contributed by atoms with Gasteiger partial charge in [-0.3, -0.25) is 0 Å². The molecule has 0 spiro atoms. The average molecular weight is 561 g/mol. The summed E-state index contributed by atoms with van der Waals surface area (Å²) < 4.78 is 22.2. The molecule has 3 atom stereocenters. The van der Waals surface area contributed by atoms with Gasteiger partial charge in [-0.2, -0.15) is 0 Å². The maximum absolute atomic E-state index is 6.70. The molecule has 2 heterocycles. The molecule has 3 aromatic carbocycles. The van der Waals surface area contributed by atoms with Gasteiger partial charge in [0.25, 0.3) is 0 Å². The lowest BCUT2D eigenvalue weighted by atomic mass is 9.69. The van der Waals surface area contributed by atoms with Crippen LogP contribution < -0.4 is 0 Å². The van der Waals surface area contributed by atoms with Crippen LogP contribution in [0.1, 0.15) is 41.3 Å². The molecule has 6 rings (SSSR count). The summed E-state index contributed by atoms with van der Waals surface area (Å²) in [6, 6.07) is 33.1.